The van der Waals surface area contributed by atoms with Crippen molar-refractivity contribution in [3.05, 3.63) is 23.3 Å². The number of carbonyl (C=O) groups excluding carboxylic acids is 1. The fourth-order valence-electron chi connectivity index (χ4n) is 2.45. The monoisotopic (exact) mass is 313 g/mol. The van der Waals surface area contributed by atoms with Crippen LogP contribution in [0, 0.1) is 5.41 Å². The van der Waals surface area contributed by atoms with Crippen LogP contribution in [0.4, 0.5) is 5.69 Å². The maximum atomic E-state index is 11.9. The number of ether oxygens (including phenoxy) is 1. The third-order valence-corrected chi connectivity index (χ3v) is 4.26. The first-order valence-electron chi connectivity index (χ1n) is 6.69. The predicted octanol–water partition coefficient (Wildman–Crippen LogP) is 2.10. The highest BCUT2D eigenvalue weighted by Crippen LogP contribution is 2.37. The molecular weight excluding hydrogens is 294 g/mol. The fourth-order valence-corrected chi connectivity index (χ4v) is 3.19. The van der Waals surface area contributed by atoms with Crippen molar-refractivity contribution in [2.45, 2.75) is 32.1 Å². The van der Waals surface area contributed by atoms with E-state index in [0.717, 1.165) is 6.07 Å². The van der Waals surface area contributed by atoms with Crippen molar-refractivity contribution in [3.8, 4) is 0 Å². The van der Waals surface area contributed by atoms with E-state index in [0.29, 0.717) is 24.2 Å². The third kappa shape index (κ3) is 3.36. The molecule has 0 bridgehead atoms. The smallest absolute Gasteiger partial charge is 0.338 e. The summed E-state index contributed by atoms with van der Waals surface area (Å²) in [6.45, 7) is 6.52. The number of carbonyl (C=O) groups is 1. The molecule has 0 amide bonds. The van der Waals surface area contributed by atoms with Gasteiger partial charge in [-0.05, 0) is 36.5 Å². The molecule has 0 fully saturated rings. The molecule has 0 atom stereocenters. The zero-order valence-corrected chi connectivity index (χ0v) is 13.1. The summed E-state index contributed by atoms with van der Waals surface area (Å²) in [6.07, 6.45) is 0.602. The Morgan fingerprint density at radius 2 is 2.10 bits per heavy atom. The molecule has 116 valence electrons. The number of nitrogens with one attached hydrogen (secondary N) is 1. The number of anilines is 1. The van der Waals surface area contributed by atoms with Crippen LogP contribution in [0.3, 0.4) is 0 Å². The summed E-state index contributed by atoms with van der Waals surface area (Å²) in [5.74, 6) is -0.603. The van der Waals surface area contributed by atoms with Gasteiger partial charge in [0.15, 0.2) is 0 Å². The van der Waals surface area contributed by atoms with Gasteiger partial charge in [-0.1, -0.05) is 13.8 Å². The molecule has 0 radical (unpaired) electrons. The molecule has 6 nitrogen and oxygen atoms in total. The van der Waals surface area contributed by atoms with Crippen LogP contribution in [0.25, 0.3) is 0 Å². The lowest BCUT2D eigenvalue weighted by atomic mass is 9.82. The van der Waals surface area contributed by atoms with Crippen molar-refractivity contribution < 1.29 is 22.5 Å². The van der Waals surface area contributed by atoms with Gasteiger partial charge in [-0.3, -0.25) is 4.55 Å². The highest BCUT2D eigenvalue weighted by molar-refractivity contribution is 7.86. The number of benzene rings is 1. The van der Waals surface area contributed by atoms with Crippen molar-refractivity contribution >= 4 is 21.8 Å². The molecule has 1 heterocycles. The van der Waals surface area contributed by atoms with E-state index in [1.807, 2.05) is 13.8 Å². The summed E-state index contributed by atoms with van der Waals surface area (Å²) in [6, 6.07) is 2.77. The van der Waals surface area contributed by atoms with E-state index in [4.69, 9.17) is 4.74 Å². The molecule has 1 aliphatic heterocycles. The van der Waals surface area contributed by atoms with Crippen LogP contribution in [0.1, 0.15) is 36.7 Å². The van der Waals surface area contributed by atoms with Crippen LogP contribution < -0.4 is 5.32 Å². The first-order chi connectivity index (χ1) is 9.64. The van der Waals surface area contributed by atoms with E-state index in [-0.39, 0.29) is 22.5 Å². The van der Waals surface area contributed by atoms with Crippen molar-refractivity contribution in [1.82, 2.24) is 0 Å². The minimum Gasteiger partial charge on any atom is -0.462 e. The first kappa shape index (κ1) is 15.8. The van der Waals surface area contributed by atoms with Gasteiger partial charge in [-0.25, -0.2) is 4.79 Å². The Balaban J connectivity index is 2.61. The van der Waals surface area contributed by atoms with Gasteiger partial charge in [0.05, 0.1) is 17.9 Å². The van der Waals surface area contributed by atoms with Crippen LogP contribution in [0.2, 0.25) is 0 Å². The summed E-state index contributed by atoms with van der Waals surface area (Å²) < 4.78 is 37.4. The molecule has 0 aliphatic carbocycles. The molecule has 2 rings (SSSR count). The second-order valence-corrected chi connectivity index (χ2v) is 7.29. The van der Waals surface area contributed by atoms with Crippen LogP contribution in [0.15, 0.2) is 17.0 Å². The SMILES string of the molecule is CCOC(=O)c1cc2c(c(S(=O)(=O)O)c1)NCC(C)(C)C2. The largest absolute Gasteiger partial charge is 0.462 e. The van der Waals surface area contributed by atoms with E-state index in [9.17, 15) is 17.8 Å². The summed E-state index contributed by atoms with van der Waals surface area (Å²) in [5, 5.41) is 3.03. The minimum atomic E-state index is -4.42. The van der Waals surface area contributed by atoms with Crippen LogP contribution in [0.5, 0.6) is 0 Å². The van der Waals surface area contributed by atoms with E-state index in [1.165, 1.54) is 0 Å². The summed E-state index contributed by atoms with van der Waals surface area (Å²) in [7, 11) is -4.42. The van der Waals surface area contributed by atoms with E-state index in [2.05, 4.69) is 5.32 Å². The molecule has 0 saturated heterocycles. The summed E-state index contributed by atoms with van der Waals surface area (Å²) >= 11 is 0. The minimum absolute atomic E-state index is 0.0726. The fraction of sp³-hybridized carbons (Fsp3) is 0.500. The Morgan fingerprint density at radius 3 is 2.67 bits per heavy atom. The zero-order valence-electron chi connectivity index (χ0n) is 12.3. The molecule has 0 saturated carbocycles. The Labute approximate surface area is 124 Å². The Bertz CT molecular complexity index is 679. The molecule has 0 aromatic heterocycles. The first-order valence-corrected chi connectivity index (χ1v) is 8.13. The number of hydrogen-bond donors (Lipinski definition) is 2. The second kappa shape index (κ2) is 5.31. The molecule has 0 unspecified atom stereocenters. The van der Waals surface area contributed by atoms with E-state index in [1.54, 1.807) is 13.0 Å². The van der Waals surface area contributed by atoms with Gasteiger partial charge >= 0.3 is 5.97 Å². The number of hydrogen-bond acceptors (Lipinski definition) is 5. The van der Waals surface area contributed by atoms with Crippen molar-refractivity contribution in [1.29, 1.82) is 0 Å². The zero-order chi connectivity index (χ0) is 15.8. The maximum absolute atomic E-state index is 11.9. The van der Waals surface area contributed by atoms with Gasteiger partial charge in [0.1, 0.15) is 4.90 Å². The molecule has 21 heavy (non-hydrogen) atoms. The molecule has 1 aromatic rings. The van der Waals surface area contributed by atoms with Crippen molar-refractivity contribution in [2.24, 2.45) is 5.41 Å². The van der Waals surface area contributed by atoms with Crippen molar-refractivity contribution in [3.63, 3.8) is 0 Å². The quantitative estimate of drug-likeness (QED) is 0.656. The molecule has 1 aromatic carbocycles. The molecule has 2 N–H and O–H groups in total. The summed E-state index contributed by atoms with van der Waals surface area (Å²) in [4.78, 5) is 11.6. The maximum Gasteiger partial charge on any atom is 0.338 e. The van der Waals surface area contributed by atoms with Gasteiger partial charge in [0.2, 0.25) is 0 Å². The Kier molecular flexibility index (Phi) is 3.99. The lowest BCUT2D eigenvalue weighted by Gasteiger charge is -2.33. The number of rotatable bonds is 3. The molecular formula is C14H19NO5S. The van der Waals surface area contributed by atoms with Gasteiger partial charge in [-0.15, -0.1) is 0 Å². The highest BCUT2D eigenvalue weighted by Gasteiger charge is 2.30. The molecule has 7 heteroatoms. The average Bonchev–Trinajstić information content (AvgIpc) is 2.35. The standard InChI is InChI=1S/C14H19NO5S/c1-4-20-13(16)9-5-10-7-14(2,3)8-15-12(10)11(6-9)21(17,18)19/h5-6,15H,4,7-8H2,1-3H3,(H,17,18,19). The van der Waals surface area contributed by atoms with Gasteiger partial charge < -0.3 is 10.1 Å². The number of fused-ring (bicyclic) bond motifs is 1. The van der Waals surface area contributed by atoms with E-state index >= 15 is 0 Å². The Hall–Kier alpha value is -1.60. The van der Waals surface area contributed by atoms with Gasteiger partial charge in [-0.2, -0.15) is 8.42 Å². The predicted molar refractivity (Wildman–Crippen MR) is 78.2 cm³/mol. The molecule has 0 spiro atoms. The third-order valence-electron chi connectivity index (χ3n) is 3.39. The Morgan fingerprint density at radius 1 is 1.43 bits per heavy atom. The van der Waals surface area contributed by atoms with Gasteiger partial charge in [0.25, 0.3) is 10.1 Å². The van der Waals surface area contributed by atoms with Crippen LogP contribution >= 0.6 is 0 Å². The topological polar surface area (TPSA) is 92.7 Å². The highest BCUT2D eigenvalue weighted by atomic mass is 32.2. The van der Waals surface area contributed by atoms with Crippen LogP contribution in [-0.2, 0) is 21.3 Å². The second-order valence-electron chi connectivity index (χ2n) is 5.90. The normalized spacial score (nSPS) is 16.8. The van der Waals surface area contributed by atoms with Gasteiger partial charge in [0, 0.05) is 6.54 Å². The van der Waals surface area contributed by atoms with Crippen LogP contribution in [-0.4, -0.2) is 32.1 Å². The lowest BCUT2D eigenvalue weighted by molar-refractivity contribution is 0.0526. The van der Waals surface area contributed by atoms with E-state index < -0.39 is 16.1 Å². The molecule has 1 aliphatic rings. The summed E-state index contributed by atoms with van der Waals surface area (Å²) in [5.41, 5.74) is 1.11. The lowest BCUT2D eigenvalue weighted by Crippen LogP contribution is -2.32. The van der Waals surface area contributed by atoms with Crippen molar-refractivity contribution in [2.75, 3.05) is 18.5 Å². The number of esters is 1. The average molecular weight is 313 g/mol.